The highest BCUT2D eigenvalue weighted by Gasteiger charge is 2.32. The van der Waals surface area contributed by atoms with Crippen molar-refractivity contribution in [2.45, 2.75) is 65.2 Å². The number of ether oxygens (including phenoxy) is 2. The third kappa shape index (κ3) is 5.24. The van der Waals surface area contributed by atoms with Gasteiger partial charge in [0, 0.05) is 25.2 Å². The van der Waals surface area contributed by atoms with Crippen LogP contribution in [0.2, 0.25) is 0 Å². The molecule has 1 N–H and O–H groups in total. The van der Waals surface area contributed by atoms with Crippen molar-refractivity contribution in [1.29, 1.82) is 0 Å². The van der Waals surface area contributed by atoms with Crippen LogP contribution < -0.4 is 4.74 Å². The Morgan fingerprint density at radius 1 is 1.26 bits per heavy atom. The van der Waals surface area contributed by atoms with Gasteiger partial charge in [0.15, 0.2) is 0 Å². The van der Waals surface area contributed by atoms with E-state index in [1.54, 1.807) is 7.11 Å². The fourth-order valence-corrected chi connectivity index (χ4v) is 4.84. The lowest BCUT2D eigenvalue weighted by Gasteiger charge is -2.38. The van der Waals surface area contributed by atoms with Crippen molar-refractivity contribution >= 4 is 0 Å². The number of β-amino-alcohol motifs (C(OH)–C–C–N with tert-alkyl or cyclic N) is 1. The van der Waals surface area contributed by atoms with E-state index in [9.17, 15) is 5.11 Å². The summed E-state index contributed by atoms with van der Waals surface area (Å²) in [7, 11) is 1.73. The largest absolute Gasteiger partial charge is 0.496 e. The van der Waals surface area contributed by atoms with Crippen LogP contribution in [0, 0.1) is 17.8 Å². The van der Waals surface area contributed by atoms with Crippen LogP contribution in [0.1, 0.15) is 51.2 Å². The molecule has 4 heteroatoms. The summed E-state index contributed by atoms with van der Waals surface area (Å²) in [5, 5.41) is 10.6. The highest BCUT2D eigenvalue weighted by atomic mass is 16.5. The number of hydrogen-bond acceptors (Lipinski definition) is 4. The topological polar surface area (TPSA) is 41.9 Å². The van der Waals surface area contributed by atoms with Crippen LogP contribution in [-0.4, -0.2) is 49.0 Å². The molecule has 0 saturated heterocycles. The Morgan fingerprint density at radius 2 is 2.07 bits per heavy atom. The van der Waals surface area contributed by atoms with Crippen LogP contribution in [0.25, 0.3) is 0 Å². The molecule has 1 aliphatic heterocycles. The van der Waals surface area contributed by atoms with Gasteiger partial charge in [-0.3, -0.25) is 4.90 Å². The Morgan fingerprint density at radius 3 is 2.81 bits per heavy atom. The molecule has 0 aromatic heterocycles. The van der Waals surface area contributed by atoms with Crippen LogP contribution in [-0.2, 0) is 17.7 Å². The van der Waals surface area contributed by atoms with Crippen LogP contribution in [0.3, 0.4) is 0 Å². The minimum atomic E-state index is -0.439. The zero-order chi connectivity index (χ0) is 19.4. The second-order valence-electron chi connectivity index (χ2n) is 8.93. The number of methoxy groups -OCH3 is 1. The molecular formula is C23H37NO3. The number of rotatable bonds is 7. The second kappa shape index (κ2) is 9.40. The standard InChI is InChI=1S/C23H37NO3/c1-16(2)20-9-8-17(3)12-23(20)27-15-19(25)13-24-11-10-18-6-5-7-22(26-4)21(18)14-24/h5-7,16-17,19-20,23,25H,8-15H2,1-4H3. The summed E-state index contributed by atoms with van der Waals surface area (Å²) in [6, 6.07) is 6.27. The number of fused-ring (bicyclic) bond motifs is 1. The summed E-state index contributed by atoms with van der Waals surface area (Å²) < 4.78 is 11.8. The number of aliphatic hydroxyl groups is 1. The number of nitrogens with zero attached hydrogens (tertiary/aromatic N) is 1. The van der Waals surface area contributed by atoms with Gasteiger partial charge in [0.05, 0.1) is 25.9 Å². The van der Waals surface area contributed by atoms with Gasteiger partial charge in [-0.05, 0) is 48.6 Å². The average Bonchev–Trinajstić information content (AvgIpc) is 2.65. The predicted octanol–water partition coefficient (Wildman–Crippen LogP) is 3.89. The number of hydrogen-bond donors (Lipinski definition) is 1. The predicted molar refractivity (Wildman–Crippen MR) is 109 cm³/mol. The molecule has 1 aromatic rings. The third-order valence-electron chi connectivity index (χ3n) is 6.46. The van der Waals surface area contributed by atoms with Gasteiger partial charge >= 0.3 is 0 Å². The first-order valence-electron chi connectivity index (χ1n) is 10.6. The Labute approximate surface area is 164 Å². The lowest BCUT2D eigenvalue weighted by molar-refractivity contribution is -0.0744. The molecule has 0 radical (unpaired) electrons. The zero-order valence-corrected chi connectivity index (χ0v) is 17.5. The number of benzene rings is 1. The smallest absolute Gasteiger partial charge is 0.123 e. The maximum absolute atomic E-state index is 10.6. The molecule has 1 fully saturated rings. The monoisotopic (exact) mass is 375 g/mol. The lowest BCUT2D eigenvalue weighted by Crippen LogP contribution is -2.41. The SMILES string of the molecule is COc1cccc2c1CN(CC(O)COC1CC(C)CCC1C(C)C)CC2. The third-order valence-corrected chi connectivity index (χ3v) is 6.46. The molecule has 1 saturated carbocycles. The molecule has 0 spiro atoms. The maximum atomic E-state index is 10.6. The van der Waals surface area contributed by atoms with E-state index in [4.69, 9.17) is 9.47 Å². The van der Waals surface area contributed by atoms with E-state index in [1.165, 1.54) is 24.0 Å². The van der Waals surface area contributed by atoms with Crippen molar-refractivity contribution in [2.75, 3.05) is 26.8 Å². The van der Waals surface area contributed by atoms with Crippen molar-refractivity contribution in [2.24, 2.45) is 17.8 Å². The van der Waals surface area contributed by atoms with E-state index in [1.807, 2.05) is 6.07 Å². The van der Waals surface area contributed by atoms with E-state index in [0.717, 1.165) is 37.6 Å². The molecular weight excluding hydrogens is 338 g/mol. The first kappa shape index (κ1) is 20.6. The van der Waals surface area contributed by atoms with Crippen molar-refractivity contribution in [3.05, 3.63) is 29.3 Å². The van der Waals surface area contributed by atoms with E-state index in [0.29, 0.717) is 31.1 Å². The lowest BCUT2D eigenvalue weighted by atomic mass is 9.75. The zero-order valence-electron chi connectivity index (χ0n) is 17.5. The highest BCUT2D eigenvalue weighted by Crippen LogP contribution is 2.35. The molecule has 0 amide bonds. The maximum Gasteiger partial charge on any atom is 0.123 e. The second-order valence-corrected chi connectivity index (χ2v) is 8.93. The summed E-state index contributed by atoms with van der Waals surface area (Å²) in [6.45, 7) is 9.83. The quantitative estimate of drug-likeness (QED) is 0.785. The summed E-state index contributed by atoms with van der Waals surface area (Å²) >= 11 is 0. The van der Waals surface area contributed by atoms with Crippen molar-refractivity contribution in [1.82, 2.24) is 4.90 Å². The molecule has 2 aliphatic rings. The van der Waals surface area contributed by atoms with E-state index >= 15 is 0 Å². The van der Waals surface area contributed by atoms with Crippen LogP contribution in [0.5, 0.6) is 5.75 Å². The molecule has 1 heterocycles. The van der Waals surface area contributed by atoms with Crippen molar-refractivity contribution in [3.8, 4) is 5.75 Å². The highest BCUT2D eigenvalue weighted by molar-refractivity contribution is 5.41. The Hall–Kier alpha value is -1.10. The molecule has 4 nitrogen and oxygen atoms in total. The van der Waals surface area contributed by atoms with Crippen LogP contribution >= 0.6 is 0 Å². The fraction of sp³-hybridized carbons (Fsp3) is 0.739. The van der Waals surface area contributed by atoms with Crippen LogP contribution in [0.15, 0.2) is 18.2 Å². The van der Waals surface area contributed by atoms with Gasteiger partial charge in [-0.2, -0.15) is 0 Å². The molecule has 0 bridgehead atoms. The summed E-state index contributed by atoms with van der Waals surface area (Å²) in [4.78, 5) is 2.32. The van der Waals surface area contributed by atoms with Gasteiger partial charge in [-0.1, -0.05) is 39.3 Å². The molecule has 1 aromatic carbocycles. The molecule has 4 atom stereocenters. The van der Waals surface area contributed by atoms with Gasteiger partial charge in [-0.25, -0.2) is 0 Å². The molecule has 3 rings (SSSR count). The molecule has 4 unspecified atom stereocenters. The van der Waals surface area contributed by atoms with Gasteiger partial charge < -0.3 is 14.6 Å². The Bertz CT molecular complexity index is 589. The first-order chi connectivity index (χ1) is 13.0. The van der Waals surface area contributed by atoms with Crippen LogP contribution in [0.4, 0.5) is 0 Å². The average molecular weight is 376 g/mol. The molecule has 152 valence electrons. The van der Waals surface area contributed by atoms with E-state index < -0.39 is 6.10 Å². The molecule has 1 aliphatic carbocycles. The normalized spacial score (nSPS) is 27.4. The van der Waals surface area contributed by atoms with E-state index in [2.05, 4.69) is 37.8 Å². The Balaban J connectivity index is 1.51. The fourth-order valence-electron chi connectivity index (χ4n) is 4.84. The van der Waals surface area contributed by atoms with Gasteiger partial charge in [0.25, 0.3) is 0 Å². The summed E-state index contributed by atoms with van der Waals surface area (Å²) in [5.41, 5.74) is 2.63. The minimum absolute atomic E-state index is 0.297. The minimum Gasteiger partial charge on any atom is -0.496 e. The summed E-state index contributed by atoms with van der Waals surface area (Å²) in [6.07, 6.45) is 4.55. The first-order valence-corrected chi connectivity index (χ1v) is 10.6. The van der Waals surface area contributed by atoms with Gasteiger partial charge in [0.2, 0.25) is 0 Å². The molecule has 27 heavy (non-hydrogen) atoms. The summed E-state index contributed by atoms with van der Waals surface area (Å²) in [5.74, 6) is 2.96. The van der Waals surface area contributed by atoms with Gasteiger partial charge in [0.1, 0.15) is 5.75 Å². The van der Waals surface area contributed by atoms with E-state index in [-0.39, 0.29) is 0 Å². The number of aliphatic hydroxyl groups excluding tert-OH is 1. The Kier molecular flexibility index (Phi) is 7.18. The van der Waals surface area contributed by atoms with Crippen molar-refractivity contribution < 1.29 is 14.6 Å². The van der Waals surface area contributed by atoms with Gasteiger partial charge in [-0.15, -0.1) is 0 Å². The van der Waals surface area contributed by atoms with Crippen molar-refractivity contribution in [3.63, 3.8) is 0 Å².